The Bertz CT molecular complexity index is 676. The van der Waals surface area contributed by atoms with E-state index in [1.165, 1.54) is 11.3 Å². The highest BCUT2D eigenvalue weighted by atomic mass is 32.1. The Balaban J connectivity index is 1.48. The molecule has 114 valence electrons. The molecule has 1 atom stereocenters. The minimum absolute atomic E-state index is 0.0220. The van der Waals surface area contributed by atoms with Crippen molar-refractivity contribution in [3.63, 3.8) is 0 Å². The van der Waals surface area contributed by atoms with Crippen LogP contribution in [0.25, 0.3) is 0 Å². The number of hydrogen-bond donors (Lipinski definition) is 1. The zero-order chi connectivity index (χ0) is 15.0. The van der Waals surface area contributed by atoms with Crippen LogP contribution in [0.4, 0.5) is 5.13 Å². The van der Waals surface area contributed by atoms with E-state index in [0.29, 0.717) is 5.13 Å². The fraction of sp³-hybridized carbons (Fsp3) is 0.438. The molecule has 2 fully saturated rings. The molecule has 5 nitrogen and oxygen atoms in total. The first kappa shape index (κ1) is 13.8. The number of carbonyl (C=O) groups excluding carboxylic acids is 1. The second-order valence-corrected chi connectivity index (χ2v) is 6.86. The van der Waals surface area contributed by atoms with Gasteiger partial charge in [0.05, 0.1) is 5.41 Å². The van der Waals surface area contributed by atoms with Crippen LogP contribution in [0.2, 0.25) is 0 Å². The summed E-state index contributed by atoms with van der Waals surface area (Å²) in [5, 5.41) is 12.6. The minimum Gasteiger partial charge on any atom is -0.371 e. The molecule has 6 heteroatoms. The first-order valence-electron chi connectivity index (χ1n) is 7.60. The van der Waals surface area contributed by atoms with Crippen molar-refractivity contribution in [2.45, 2.75) is 37.2 Å². The molecule has 1 aromatic carbocycles. The third-order valence-electron chi connectivity index (χ3n) is 4.38. The fourth-order valence-corrected chi connectivity index (χ4v) is 3.76. The van der Waals surface area contributed by atoms with Gasteiger partial charge in [0, 0.05) is 6.61 Å². The minimum atomic E-state index is -0.378. The summed E-state index contributed by atoms with van der Waals surface area (Å²) in [7, 11) is 0. The van der Waals surface area contributed by atoms with Gasteiger partial charge in [0.1, 0.15) is 11.1 Å². The standard InChI is InChI=1S/C16H17N3O2S/c20-14(16(8-9-16)11-5-2-1-3-6-11)17-15-19-18-13(22-15)12-7-4-10-21-12/h1-3,5-6,12H,4,7-10H2,(H,17,19,20). The molecule has 2 aromatic rings. The third-order valence-corrected chi connectivity index (χ3v) is 5.31. The Kier molecular flexibility index (Phi) is 3.43. The molecule has 1 aliphatic heterocycles. The Hall–Kier alpha value is -1.79. The maximum Gasteiger partial charge on any atom is 0.236 e. The average Bonchev–Trinajstić information content (AvgIpc) is 2.97. The molecule has 4 rings (SSSR count). The first-order valence-corrected chi connectivity index (χ1v) is 8.42. The summed E-state index contributed by atoms with van der Waals surface area (Å²) < 4.78 is 5.60. The topological polar surface area (TPSA) is 64.1 Å². The normalized spacial score (nSPS) is 22.5. The molecular formula is C16H17N3O2S. The largest absolute Gasteiger partial charge is 0.371 e. The highest BCUT2D eigenvalue weighted by molar-refractivity contribution is 7.15. The van der Waals surface area contributed by atoms with Gasteiger partial charge >= 0.3 is 0 Å². The maximum absolute atomic E-state index is 12.6. The molecule has 1 saturated heterocycles. The van der Waals surface area contributed by atoms with Gasteiger partial charge in [-0.25, -0.2) is 0 Å². The highest BCUT2D eigenvalue weighted by Gasteiger charge is 2.51. The lowest BCUT2D eigenvalue weighted by Gasteiger charge is -2.14. The van der Waals surface area contributed by atoms with E-state index in [2.05, 4.69) is 15.5 Å². The molecule has 0 spiro atoms. The van der Waals surface area contributed by atoms with Crippen LogP contribution in [0.15, 0.2) is 30.3 Å². The van der Waals surface area contributed by atoms with Crippen LogP contribution in [-0.4, -0.2) is 22.7 Å². The quantitative estimate of drug-likeness (QED) is 0.942. The number of nitrogens with one attached hydrogen (secondary N) is 1. The van der Waals surface area contributed by atoms with Gasteiger partial charge in [0.2, 0.25) is 11.0 Å². The lowest BCUT2D eigenvalue weighted by Crippen LogP contribution is -2.27. The Morgan fingerprint density at radius 3 is 2.77 bits per heavy atom. The van der Waals surface area contributed by atoms with E-state index < -0.39 is 0 Å². The Morgan fingerprint density at radius 1 is 1.27 bits per heavy atom. The number of rotatable bonds is 4. The number of hydrogen-bond acceptors (Lipinski definition) is 5. The van der Waals surface area contributed by atoms with Crippen LogP contribution in [0.3, 0.4) is 0 Å². The maximum atomic E-state index is 12.6. The summed E-state index contributed by atoms with van der Waals surface area (Å²) in [6.45, 7) is 0.781. The van der Waals surface area contributed by atoms with Crippen LogP contribution in [-0.2, 0) is 14.9 Å². The van der Waals surface area contributed by atoms with Gasteiger partial charge in [-0.05, 0) is 31.2 Å². The zero-order valence-corrected chi connectivity index (χ0v) is 12.9. The first-order chi connectivity index (χ1) is 10.8. The van der Waals surface area contributed by atoms with Crippen molar-refractivity contribution < 1.29 is 9.53 Å². The number of ether oxygens (including phenoxy) is 1. The van der Waals surface area contributed by atoms with E-state index in [-0.39, 0.29) is 17.4 Å². The molecule has 0 bridgehead atoms. The second kappa shape index (κ2) is 5.44. The predicted molar refractivity (Wildman–Crippen MR) is 83.8 cm³/mol. The summed E-state index contributed by atoms with van der Waals surface area (Å²) in [4.78, 5) is 12.6. The molecular weight excluding hydrogens is 298 g/mol. The highest BCUT2D eigenvalue weighted by Crippen LogP contribution is 2.49. The average molecular weight is 315 g/mol. The molecule has 1 saturated carbocycles. The van der Waals surface area contributed by atoms with Gasteiger partial charge in [0.15, 0.2) is 0 Å². The summed E-state index contributed by atoms with van der Waals surface area (Å²) in [6.07, 6.45) is 3.87. The monoisotopic (exact) mass is 315 g/mol. The molecule has 22 heavy (non-hydrogen) atoms. The third kappa shape index (κ3) is 2.42. The van der Waals surface area contributed by atoms with Gasteiger partial charge in [-0.15, -0.1) is 10.2 Å². The lowest BCUT2D eigenvalue weighted by molar-refractivity contribution is -0.118. The van der Waals surface area contributed by atoms with E-state index >= 15 is 0 Å². The molecule has 1 aromatic heterocycles. The number of benzene rings is 1. The van der Waals surface area contributed by atoms with Crippen molar-refractivity contribution in [3.05, 3.63) is 40.9 Å². The summed E-state index contributed by atoms with van der Waals surface area (Å²) >= 11 is 1.42. The second-order valence-electron chi connectivity index (χ2n) is 5.85. The molecule has 1 aliphatic carbocycles. The lowest BCUT2D eigenvalue weighted by atomic mass is 9.95. The number of amides is 1. The van der Waals surface area contributed by atoms with Crippen LogP contribution < -0.4 is 5.32 Å². The molecule has 2 aliphatic rings. The van der Waals surface area contributed by atoms with Crippen molar-refractivity contribution >= 4 is 22.4 Å². The molecule has 1 unspecified atom stereocenters. The molecule has 1 N–H and O–H groups in total. The van der Waals surface area contributed by atoms with E-state index in [9.17, 15) is 4.79 Å². The smallest absolute Gasteiger partial charge is 0.236 e. The summed E-state index contributed by atoms with van der Waals surface area (Å²) in [6, 6.07) is 9.96. The summed E-state index contributed by atoms with van der Waals surface area (Å²) in [5.41, 5.74) is 0.702. The number of aromatic nitrogens is 2. The number of carbonyl (C=O) groups is 1. The van der Waals surface area contributed by atoms with E-state index in [1.54, 1.807) is 0 Å². The van der Waals surface area contributed by atoms with Crippen molar-refractivity contribution in [3.8, 4) is 0 Å². The number of anilines is 1. The van der Waals surface area contributed by atoms with Crippen LogP contribution >= 0.6 is 11.3 Å². The van der Waals surface area contributed by atoms with Gasteiger partial charge in [-0.2, -0.15) is 0 Å². The zero-order valence-electron chi connectivity index (χ0n) is 12.1. The van der Waals surface area contributed by atoms with Crippen molar-refractivity contribution in [2.24, 2.45) is 0 Å². The molecule has 2 heterocycles. The van der Waals surface area contributed by atoms with Crippen molar-refractivity contribution in [1.82, 2.24) is 10.2 Å². The van der Waals surface area contributed by atoms with Crippen LogP contribution in [0.1, 0.15) is 42.4 Å². The van der Waals surface area contributed by atoms with Crippen molar-refractivity contribution in [1.29, 1.82) is 0 Å². The Morgan fingerprint density at radius 2 is 2.09 bits per heavy atom. The van der Waals surface area contributed by atoms with E-state index in [0.717, 1.165) is 42.9 Å². The Labute approximate surface area is 132 Å². The number of nitrogens with zero attached hydrogens (tertiary/aromatic N) is 2. The fourth-order valence-electron chi connectivity index (χ4n) is 2.93. The van der Waals surface area contributed by atoms with Gasteiger partial charge in [-0.1, -0.05) is 41.7 Å². The van der Waals surface area contributed by atoms with E-state index in [4.69, 9.17) is 4.74 Å². The van der Waals surface area contributed by atoms with E-state index in [1.807, 2.05) is 30.3 Å². The molecule has 1 amide bonds. The van der Waals surface area contributed by atoms with Gasteiger partial charge < -0.3 is 4.74 Å². The molecule has 0 radical (unpaired) electrons. The van der Waals surface area contributed by atoms with Gasteiger partial charge in [0.25, 0.3) is 0 Å². The summed E-state index contributed by atoms with van der Waals surface area (Å²) in [5.74, 6) is 0.0220. The predicted octanol–water partition coefficient (Wildman–Crippen LogP) is 3.06. The van der Waals surface area contributed by atoms with Crippen molar-refractivity contribution in [2.75, 3.05) is 11.9 Å². The van der Waals surface area contributed by atoms with Crippen LogP contribution in [0, 0.1) is 0 Å². The van der Waals surface area contributed by atoms with Gasteiger partial charge in [-0.3, -0.25) is 10.1 Å². The van der Waals surface area contributed by atoms with Crippen LogP contribution in [0.5, 0.6) is 0 Å². The SMILES string of the molecule is O=C(Nc1nnc(C2CCCO2)s1)C1(c2ccccc2)CC1.